The molecule has 0 heterocycles. The maximum Gasteiger partial charge on any atom is -0.00234 e. The molecule has 0 saturated heterocycles. The molecule has 44 heavy (non-hydrogen) atoms. The molecular weight excluding hydrogens is 528 g/mol. The van der Waals surface area contributed by atoms with Crippen LogP contribution in [0.15, 0.2) is 91.0 Å². The minimum absolute atomic E-state index is 0.0126. The van der Waals surface area contributed by atoms with Gasteiger partial charge in [0.25, 0.3) is 0 Å². The average Bonchev–Trinajstić information content (AvgIpc) is 3.68. The molecule has 0 radical (unpaired) electrons. The maximum atomic E-state index is 2.58. The van der Waals surface area contributed by atoms with Crippen LogP contribution in [0, 0.1) is 10.4 Å². The Kier molecular flexibility index (Phi) is 7.16. The summed E-state index contributed by atoms with van der Waals surface area (Å²) in [6, 6.07) is 27.4. The molecule has 0 heteroatoms. The van der Waals surface area contributed by atoms with Gasteiger partial charge in [-0.05, 0) is 132 Å². The molecule has 4 aromatic carbocycles. The van der Waals surface area contributed by atoms with Gasteiger partial charge in [0.2, 0.25) is 0 Å². The molecule has 1 fully saturated rings. The highest BCUT2D eigenvalue weighted by molar-refractivity contribution is 5.92. The molecule has 0 N–H and O–H groups in total. The Labute approximate surface area is 263 Å². The van der Waals surface area contributed by atoms with Crippen LogP contribution in [-0.2, 0) is 10.8 Å². The van der Waals surface area contributed by atoms with Gasteiger partial charge in [-0.1, -0.05) is 132 Å². The number of hydrogen-bond donors (Lipinski definition) is 0. The van der Waals surface area contributed by atoms with Crippen LogP contribution in [0.2, 0.25) is 0 Å². The molecule has 222 valence electrons. The van der Waals surface area contributed by atoms with E-state index in [-0.39, 0.29) is 10.8 Å². The highest BCUT2D eigenvalue weighted by Gasteiger charge is 2.31. The lowest BCUT2D eigenvalue weighted by Gasteiger charge is -2.30. The van der Waals surface area contributed by atoms with Crippen LogP contribution in [0.4, 0.5) is 0 Å². The van der Waals surface area contributed by atoms with Crippen LogP contribution in [0.5, 0.6) is 0 Å². The number of fused-ring (bicyclic) bond motifs is 2. The van der Waals surface area contributed by atoms with Gasteiger partial charge in [-0.15, -0.1) is 0 Å². The summed E-state index contributed by atoms with van der Waals surface area (Å²) in [6.45, 7) is 14.4. The molecule has 0 spiro atoms. The molecule has 0 atom stereocenters. The Balaban J connectivity index is 1.76. The molecule has 1 saturated carbocycles. The van der Waals surface area contributed by atoms with Gasteiger partial charge in [0.05, 0.1) is 0 Å². The Morgan fingerprint density at radius 2 is 1.30 bits per heavy atom. The largest absolute Gasteiger partial charge is 0.0801 e. The van der Waals surface area contributed by atoms with Gasteiger partial charge in [-0.3, -0.25) is 0 Å². The van der Waals surface area contributed by atoms with Crippen LogP contribution < -0.4 is 10.4 Å². The van der Waals surface area contributed by atoms with Crippen molar-refractivity contribution in [1.29, 1.82) is 0 Å². The summed E-state index contributed by atoms with van der Waals surface area (Å²) in [5, 5.41) is 5.84. The highest BCUT2D eigenvalue weighted by atomic mass is 14.3. The van der Waals surface area contributed by atoms with E-state index in [0.29, 0.717) is 0 Å². The van der Waals surface area contributed by atoms with Crippen LogP contribution in [0.1, 0.15) is 102 Å². The molecule has 3 aliphatic carbocycles. The van der Waals surface area contributed by atoms with E-state index < -0.39 is 0 Å². The molecule has 0 nitrogen and oxygen atoms in total. The maximum absolute atomic E-state index is 2.58. The fourth-order valence-corrected chi connectivity index (χ4v) is 7.97. The third-order valence-corrected chi connectivity index (χ3v) is 9.91. The first-order valence-corrected chi connectivity index (χ1v) is 16.7. The first kappa shape index (κ1) is 28.8. The van der Waals surface area contributed by atoms with Crippen molar-refractivity contribution in [1.82, 2.24) is 0 Å². The van der Waals surface area contributed by atoms with E-state index in [1.807, 2.05) is 0 Å². The van der Waals surface area contributed by atoms with Gasteiger partial charge < -0.3 is 0 Å². The predicted molar refractivity (Wildman–Crippen MR) is 190 cm³/mol. The second-order valence-corrected chi connectivity index (χ2v) is 15.1. The third kappa shape index (κ3) is 4.93. The molecule has 7 rings (SSSR count). The second kappa shape index (κ2) is 10.9. The number of rotatable bonds is 3. The summed E-state index contributed by atoms with van der Waals surface area (Å²) >= 11 is 0. The van der Waals surface area contributed by atoms with E-state index in [1.54, 1.807) is 10.8 Å². The minimum Gasteiger partial charge on any atom is -0.0801 e. The topological polar surface area (TPSA) is 0 Å². The van der Waals surface area contributed by atoms with Crippen molar-refractivity contribution in [2.24, 2.45) is 0 Å². The fourth-order valence-electron chi connectivity index (χ4n) is 7.97. The molecule has 0 unspecified atom stereocenters. The lowest BCUT2D eigenvalue weighted by molar-refractivity contribution is 0.582. The smallest absolute Gasteiger partial charge is 0.00234 e. The van der Waals surface area contributed by atoms with Gasteiger partial charge in [0, 0.05) is 0 Å². The summed E-state index contributed by atoms with van der Waals surface area (Å²) in [4.78, 5) is 0. The SMILES string of the molecule is CC(C)(C)c1cc2c(cc1-c1ccccc1)=Cc1c(C3=CC=CC3)c(-c3ccccc3)c(C(C)(C)C)c(=C3CCCCC3)c1=2. The standard InChI is InChI=1S/C44H46/c1-43(2,3)37-28-35-33(26-34(37)29-18-10-7-11-19-29)27-36-38(30-24-16-17-25-30)39(31-20-12-8-13-21-31)42(44(4,5)6)40(41(35)36)32-22-14-9-15-23-32/h7-8,10-13,16-21,24,26-28H,9,14-15,22-23,25H2,1-6H3. The molecule has 4 aromatic rings. The van der Waals surface area contributed by atoms with Crippen LogP contribution >= 0.6 is 0 Å². The van der Waals surface area contributed by atoms with Crippen molar-refractivity contribution in [2.45, 2.75) is 90.9 Å². The van der Waals surface area contributed by atoms with Gasteiger partial charge >= 0.3 is 0 Å². The number of benzene rings is 4. The molecule has 0 aliphatic heterocycles. The van der Waals surface area contributed by atoms with Crippen molar-refractivity contribution in [2.75, 3.05) is 0 Å². The zero-order valence-corrected chi connectivity index (χ0v) is 27.5. The summed E-state index contributed by atoms with van der Waals surface area (Å²) in [5.41, 5.74) is 14.4. The molecular formula is C44H46. The molecule has 0 amide bonds. The van der Waals surface area contributed by atoms with E-state index in [0.717, 1.165) is 6.42 Å². The van der Waals surface area contributed by atoms with Crippen molar-refractivity contribution in [3.63, 3.8) is 0 Å². The monoisotopic (exact) mass is 574 g/mol. The normalized spacial score (nSPS) is 16.0. The van der Waals surface area contributed by atoms with Gasteiger partial charge in [0.15, 0.2) is 0 Å². The summed E-state index contributed by atoms with van der Waals surface area (Å²) < 4.78 is 0. The van der Waals surface area contributed by atoms with E-state index in [9.17, 15) is 0 Å². The van der Waals surface area contributed by atoms with Crippen molar-refractivity contribution in [3.05, 3.63) is 134 Å². The van der Waals surface area contributed by atoms with E-state index in [4.69, 9.17) is 0 Å². The van der Waals surface area contributed by atoms with Crippen molar-refractivity contribution in [3.8, 4) is 22.3 Å². The minimum atomic E-state index is -0.0269. The van der Waals surface area contributed by atoms with Crippen LogP contribution in [0.3, 0.4) is 0 Å². The first-order chi connectivity index (χ1) is 21.1. The third-order valence-electron chi connectivity index (χ3n) is 9.91. The first-order valence-electron chi connectivity index (χ1n) is 16.7. The lowest BCUT2D eigenvalue weighted by atomic mass is 9.73. The van der Waals surface area contributed by atoms with Crippen LogP contribution in [-0.4, -0.2) is 0 Å². The van der Waals surface area contributed by atoms with Gasteiger partial charge in [-0.2, -0.15) is 0 Å². The Hall–Kier alpha value is -3.90. The predicted octanol–water partition coefficient (Wildman–Crippen LogP) is 10.5. The van der Waals surface area contributed by atoms with Crippen LogP contribution in [0.25, 0.3) is 39.5 Å². The summed E-state index contributed by atoms with van der Waals surface area (Å²) in [6.07, 6.45) is 16.8. The zero-order valence-electron chi connectivity index (χ0n) is 27.5. The Bertz CT molecular complexity index is 2030. The van der Waals surface area contributed by atoms with E-state index in [1.165, 1.54) is 97.8 Å². The second-order valence-electron chi connectivity index (χ2n) is 15.1. The number of hydrogen-bond acceptors (Lipinski definition) is 0. The average molecular weight is 575 g/mol. The Morgan fingerprint density at radius 1 is 0.636 bits per heavy atom. The highest BCUT2D eigenvalue weighted by Crippen LogP contribution is 2.43. The molecule has 0 bridgehead atoms. The fraction of sp³-hybridized carbons (Fsp3) is 0.318. The van der Waals surface area contributed by atoms with E-state index >= 15 is 0 Å². The van der Waals surface area contributed by atoms with Gasteiger partial charge in [0.1, 0.15) is 0 Å². The molecule has 0 aromatic heterocycles. The van der Waals surface area contributed by atoms with E-state index in [2.05, 4.69) is 139 Å². The summed E-state index contributed by atoms with van der Waals surface area (Å²) in [5.74, 6) is 0. The zero-order chi connectivity index (χ0) is 30.6. The summed E-state index contributed by atoms with van der Waals surface area (Å²) in [7, 11) is 0. The van der Waals surface area contributed by atoms with Crippen molar-refractivity contribution >= 4 is 17.2 Å². The Morgan fingerprint density at radius 3 is 1.89 bits per heavy atom. The van der Waals surface area contributed by atoms with Crippen molar-refractivity contribution < 1.29 is 0 Å². The molecule has 3 aliphatic rings. The number of allylic oxidation sites excluding steroid dienone is 4. The quantitative estimate of drug-likeness (QED) is 0.201. The van der Waals surface area contributed by atoms with Gasteiger partial charge in [-0.25, -0.2) is 0 Å². The lowest BCUT2D eigenvalue weighted by Crippen LogP contribution is -2.30.